The Labute approximate surface area is 158 Å². The minimum atomic E-state index is -0.601. The van der Waals surface area contributed by atoms with E-state index in [0.29, 0.717) is 23.2 Å². The van der Waals surface area contributed by atoms with Crippen LogP contribution in [0.1, 0.15) is 21.7 Å². The molecule has 2 aromatic carbocycles. The number of halogens is 1. The predicted molar refractivity (Wildman–Crippen MR) is 101 cm³/mol. The van der Waals surface area contributed by atoms with Crippen molar-refractivity contribution in [1.82, 2.24) is 5.01 Å². The highest BCUT2D eigenvalue weighted by molar-refractivity contribution is 7.20. The van der Waals surface area contributed by atoms with E-state index < -0.39 is 5.97 Å². The molecule has 0 saturated carbocycles. The second-order valence-corrected chi connectivity index (χ2v) is 7.13. The second kappa shape index (κ2) is 7.28. The number of thiophene rings is 1. The van der Waals surface area contributed by atoms with Gasteiger partial charge in [0.25, 0.3) is 5.91 Å². The Morgan fingerprint density at radius 3 is 2.78 bits per heavy atom. The number of esters is 1. The first kappa shape index (κ1) is 17.4. The van der Waals surface area contributed by atoms with Crippen molar-refractivity contribution in [1.29, 1.82) is 0 Å². The predicted octanol–water partition coefficient (Wildman–Crippen LogP) is 3.83. The van der Waals surface area contributed by atoms with Gasteiger partial charge in [-0.25, -0.2) is 14.2 Å². The molecule has 3 aromatic rings. The maximum atomic E-state index is 13.3. The first-order valence-corrected chi connectivity index (χ1v) is 9.21. The van der Waals surface area contributed by atoms with Crippen LogP contribution in [-0.4, -0.2) is 35.7 Å². The number of carbonyl (C=O) groups excluding carboxylic acids is 2. The standard InChI is InChI=1S/C20H15FN2O3S/c21-15-6-7-17-14(10-15)11-18(27-17)20(25)26-12-19(24)23-9-8-16(22-23)13-4-2-1-3-5-13/h1-7,10-11H,8-9,12H2. The lowest BCUT2D eigenvalue weighted by atomic mass is 10.1. The fourth-order valence-electron chi connectivity index (χ4n) is 2.86. The molecule has 27 heavy (non-hydrogen) atoms. The minimum absolute atomic E-state index is 0.332. The van der Waals surface area contributed by atoms with Gasteiger partial charge < -0.3 is 4.74 Å². The molecule has 0 atom stereocenters. The summed E-state index contributed by atoms with van der Waals surface area (Å²) in [5.74, 6) is -1.34. The third-order valence-corrected chi connectivity index (χ3v) is 5.30. The number of hydrogen-bond donors (Lipinski definition) is 0. The van der Waals surface area contributed by atoms with Crippen molar-refractivity contribution >= 4 is 39.0 Å². The SMILES string of the molecule is O=C(OCC(=O)N1CCC(c2ccccc2)=N1)c1cc2cc(F)ccc2s1. The Hall–Kier alpha value is -3.06. The number of carbonyl (C=O) groups is 2. The van der Waals surface area contributed by atoms with Crippen LogP contribution in [0.15, 0.2) is 59.7 Å². The molecular weight excluding hydrogens is 367 g/mol. The van der Waals surface area contributed by atoms with Gasteiger partial charge in [0.2, 0.25) is 0 Å². The smallest absolute Gasteiger partial charge is 0.348 e. The molecule has 7 heteroatoms. The van der Waals surface area contributed by atoms with Crippen molar-refractivity contribution in [3.05, 3.63) is 70.9 Å². The number of ether oxygens (including phenoxy) is 1. The molecule has 1 aliphatic rings. The van der Waals surface area contributed by atoms with Crippen LogP contribution in [0.2, 0.25) is 0 Å². The van der Waals surface area contributed by atoms with Crippen LogP contribution in [0.3, 0.4) is 0 Å². The van der Waals surface area contributed by atoms with E-state index in [1.807, 2.05) is 30.3 Å². The molecule has 0 spiro atoms. The fraction of sp³-hybridized carbons (Fsp3) is 0.150. The summed E-state index contributed by atoms with van der Waals surface area (Å²) < 4.78 is 19.2. The van der Waals surface area contributed by atoms with Crippen LogP contribution in [0.4, 0.5) is 4.39 Å². The number of benzene rings is 2. The number of nitrogens with zero attached hydrogens (tertiary/aromatic N) is 2. The average Bonchev–Trinajstić information content (AvgIpc) is 3.33. The van der Waals surface area contributed by atoms with Gasteiger partial charge in [0, 0.05) is 11.1 Å². The highest BCUT2D eigenvalue weighted by Gasteiger charge is 2.23. The van der Waals surface area contributed by atoms with Gasteiger partial charge in [0.1, 0.15) is 10.7 Å². The largest absolute Gasteiger partial charge is 0.451 e. The lowest BCUT2D eigenvalue weighted by Crippen LogP contribution is -2.28. The summed E-state index contributed by atoms with van der Waals surface area (Å²) in [4.78, 5) is 24.8. The zero-order valence-electron chi connectivity index (χ0n) is 14.2. The molecule has 0 fully saturated rings. The van der Waals surface area contributed by atoms with Gasteiger partial charge in [-0.15, -0.1) is 11.3 Å². The number of fused-ring (bicyclic) bond motifs is 1. The summed E-state index contributed by atoms with van der Waals surface area (Å²) in [5, 5.41) is 6.29. The second-order valence-electron chi connectivity index (χ2n) is 6.05. The summed E-state index contributed by atoms with van der Waals surface area (Å²) in [7, 11) is 0. The molecule has 5 nitrogen and oxygen atoms in total. The van der Waals surface area contributed by atoms with E-state index in [1.54, 1.807) is 12.1 Å². The quantitative estimate of drug-likeness (QED) is 0.645. The van der Waals surface area contributed by atoms with Crippen LogP contribution in [0.25, 0.3) is 10.1 Å². The van der Waals surface area contributed by atoms with Crippen molar-refractivity contribution in [2.45, 2.75) is 6.42 Å². The highest BCUT2D eigenvalue weighted by atomic mass is 32.1. The number of hydrogen-bond acceptors (Lipinski definition) is 5. The van der Waals surface area contributed by atoms with Crippen LogP contribution < -0.4 is 0 Å². The molecule has 4 rings (SSSR count). The first-order chi connectivity index (χ1) is 13.1. The van der Waals surface area contributed by atoms with Gasteiger partial charge in [0.05, 0.1) is 12.3 Å². The molecule has 0 saturated heterocycles. The molecule has 0 radical (unpaired) electrons. The average molecular weight is 382 g/mol. The highest BCUT2D eigenvalue weighted by Crippen LogP contribution is 2.26. The van der Waals surface area contributed by atoms with Gasteiger partial charge in [-0.1, -0.05) is 30.3 Å². The summed E-state index contributed by atoms with van der Waals surface area (Å²) in [6, 6.07) is 15.5. The Morgan fingerprint density at radius 2 is 1.96 bits per heavy atom. The summed E-state index contributed by atoms with van der Waals surface area (Å²) in [6.45, 7) is 0.0792. The first-order valence-electron chi connectivity index (χ1n) is 8.39. The van der Waals surface area contributed by atoms with Gasteiger partial charge >= 0.3 is 5.97 Å². The molecule has 0 aliphatic carbocycles. The molecule has 1 aromatic heterocycles. The number of rotatable bonds is 4. The lowest BCUT2D eigenvalue weighted by Gasteiger charge is -2.11. The van der Waals surface area contributed by atoms with Gasteiger partial charge in [-0.05, 0) is 35.2 Å². The maximum absolute atomic E-state index is 13.3. The van der Waals surface area contributed by atoms with Gasteiger partial charge in [-0.2, -0.15) is 5.10 Å². The van der Waals surface area contributed by atoms with Crippen molar-refractivity contribution < 1.29 is 18.7 Å². The zero-order chi connectivity index (χ0) is 18.8. The molecule has 0 unspecified atom stereocenters. The van der Waals surface area contributed by atoms with Crippen molar-refractivity contribution in [2.75, 3.05) is 13.2 Å². The monoisotopic (exact) mass is 382 g/mol. The third-order valence-electron chi connectivity index (χ3n) is 4.20. The summed E-state index contributed by atoms with van der Waals surface area (Å²) in [5.41, 5.74) is 1.81. The van der Waals surface area contributed by atoms with Gasteiger partial charge in [0.15, 0.2) is 6.61 Å². The van der Waals surface area contributed by atoms with Crippen molar-refractivity contribution in [3.63, 3.8) is 0 Å². The van der Waals surface area contributed by atoms with Crippen LogP contribution in [0.5, 0.6) is 0 Å². The Kier molecular flexibility index (Phi) is 4.68. The van der Waals surface area contributed by atoms with E-state index in [0.717, 1.165) is 16.0 Å². The number of hydrazone groups is 1. The van der Waals surface area contributed by atoms with Crippen LogP contribution >= 0.6 is 11.3 Å². The van der Waals surface area contributed by atoms with Crippen LogP contribution in [-0.2, 0) is 9.53 Å². The van der Waals surface area contributed by atoms with E-state index in [1.165, 1.54) is 28.5 Å². The molecule has 2 heterocycles. The van der Waals surface area contributed by atoms with E-state index in [9.17, 15) is 14.0 Å². The number of amides is 1. The van der Waals surface area contributed by atoms with E-state index >= 15 is 0 Å². The van der Waals surface area contributed by atoms with Crippen LogP contribution in [0, 0.1) is 5.82 Å². The summed E-state index contributed by atoms with van der Waals surface area (Å²) in [6.07, 6.45) is 0.658. The molecule has 1 aliphatic heterocycles. The normalized spacial score (nSPS) is 13.7. The molecule has 0 bridgehead atoms. The Morgan fingerprint density at radius 1 is 1.15 bits per heavy atom. The fourth-order valence-corrected chi connectivity index (χ4v) is 3.80. The summed E-state index contributed by atoms with van der Waals surface area (Å²) >= 11 is 1.20. The van der Waals surface area contributed by atoms with E-state index in [-0.39, 0.29) is 18.3 Å². The zero-order valence-corrected chi connectivity index (χ0v) is 15.0. The minimum Gasteiger partial charge on any atom is -0.451 e. The third kappa shape index (κ3) is 3.73. The van der Waals surface area contributed by atoms with Crippen molar-refractivity contribution in [2.24, 2.45) is 5.10 Å². The van der Waals surface area contributed by atoms with E-state index in [4.69, 9.17) is 4.74 Å². The Bertz CT molecular complexity index is 1050. The molecular formula is C20H15FN2O3S. The topological polar surface area (TPSA) is 59.0 Å². The molecule has 136 valence electrons. The van der Waals surface area contributed by atoms with Crippen molar-refractivity contribution in [3.8, 4) is 0 Å². The Balaban J connectivity index is 1.38. The molecule has 0 N–H and O–H groups in total. The van der Waals surface area contributed by atoms with Gasteiger partial charge in [-0.3, -0.25) is 4.79 Å². The lowest BCUT2D eigenvalue weighted by molar-refractivity contribution is -0.134. The molecule has 1 amide bonds. The maximum Gasteiger partial charge on any atom is 0.348 e. The van der Waals surface area contributed by atoms with E-state index in [2.05, 4.69) is 5.10 Å².